The molecule has 2 rings (SSSR count). The van der Waals surface area contributed by atoms with E-state index in [1.807, 2.05) is 23.9 Å². The summed E-state index contributed by atoms with van der Waals surface area (Å²) in [5.41, 5.74) is 1.18. The van der Waals surface area contributed by atoms with Gasteiger partial charge in [-0.2, -0.15) is 11.8 Å². The van der Waals surface area contributed by atoms with Gasteiger partial charge in [0, 0.05) is 30.1 Å². The maximum Gasteiger partial charge on any atom is 0.137 e. The smallest absolute Gasteiger partial charge is 0.137 e. The van der Waals surface area contributed by atoms with E-state index in [0.29, 0.717) is 16.6 Å². The summed E-state index contributed by atoms with van der Waals surface area (Å²) in [6.07, 6.45) is 2.07. The maximum atomic E-state index is 13.4. The number of nitrogens with zero attached hydrogens (tertiary/aromatic N) is 1. The summed E-state index contributed by atoms with van der Waals surface area (Å²) < 4.78 is 13.9. The predicted octanol–water partition coefficient (Wildman–Crippen LogP) is 3.55. The lowest BCUT2D eigenvalue weighted by molar-refractivity contribution is 0.213. The third-order valence-electron chi connectivity index (χ3n) is 4.00. The summed E-state index contributed by atoms with van der Waals surface area (Å²) in [4.78, 5) is 2.46. The van der Waals surface area contributed by atoms with Gasteiger partial charge in [-0.05, 0) is 60.1 Å². The third kappa shape index (κ3) is 4.95. The minimum absolute atomic E-state index is 0.192. The van der Waals surface area contributed by atoms with Crippen LogP contribution in [0.15, 0.2) is 22.7 Å². The molecule has 2 unspecified atom stereocenters. The van der Waals surface area contributed by atoms with E-state index in [1.54, 1.807) is 6.07 Å². The summed E-state index contributed by atoms with van der Waals surface area (Å²) in [5, 5.41) is 3.69. The van der Waals surface area contributed by atoms with Crippen molar-refractivity contribution in [3.8, 4) is 0 Å². The average Bonchev–Trinajstić information content (AvgIpc) is 2.48. The van der Waals surface area contributed by atoms with Crippen LogP contribution in [0, 0.1) is 5.82 Å². The van der Waals surface area contributed by atoms with Crippen LogP contribution in [0.3, 0.4) is 0 Å². The molecule has 118 valence electrons. The molecular formula is C16H24BrFN2S. The highest BCUT2D eigenvalue weighted by molar-refractivity contribution is 9.10. The Balaban J connectivity index is 2.09. The number of hydrogen-bond donors (Lipinski definition) is 1. The molecule has 0 radical (unpaired) electrons. The van der Waals surface area contributed by atoms with Crippen molar-refractivity contribution in [1.82, 2.24) is 10.2 Å². The van der Waals surface area contributed by atoms with Crippen LogP contribution in [0.1, 0.15) is 18.9 Å². The first kappa shape index (κ1) is 17.3. The first-order valence-corrected chi connectivity index (χ1v) is 9.52. The standard InChI is InChI=1S/C16H24BrFN2S/c1-3-6-19-15(16-11-21-8-7-20(16)2)10-12-4-5-14(18)13(17)9-12/h4-5,9,15-16,19H,3,6-8,10-11H2,1-2H3. The van der Waals surface area contributed by atoms with Gasteiger partial charge in [0.05, 0.1) is 4.47 Å². The fraction of sp³-hybridized carbons (Fsp3) is 0.625. The molecule has 0 spiro atoms. The summed E-state index contributed by atoms with van der Waals surface area (Å²) in [6.45, 7) is 4.37. The van der Waals surface area contributed by atoms with Crippen LogP contribution in [0.4, 0.5) is 4.39 Å². The molecule has 5 heteroatoms. The zero-order valence-corrected chi connectivity index (χ0v) is 15.1. The van der Waals surface area contributed by atoms with Gasteiger partial charge in [-0.1, -0.05) is 13.0 Å². The summed E-state index contributed by atoms with van der Waals surface area (Å²) >= 11 is 5.32. The fourth-order valence-corrected chi connectivity index (χ4v) is 4.46. The van der Waals surface area contributed by atoms with Gasteiger partial charge < -0.3 is 10.2 Å². The lowest BCUT2D eigenvalue weighted by atomic mass is 9.99. The number of likely N-dealkylation sites (N-methyl/N-ethyl adjacent to an activating group) is 1. The van der Waals surface area contributed by atoms with Gasteiger partial charge in [0.25, 0.3) is 0 Å². The van der Waals surface area contributed by atoms with Gasteiger partial charge in [0.1, 0.15) is 5.82 Å². The molecule has 1 N–H and O–H groups in total. The van der Waals surface area contributed by atoms with Crippen LogP contribution in [0.5, 0.6) is 0 Å². The van der Waals surface area contributed by atoms with E-state index in [1.165, 1.54) is 17.1 Å². The van der Waals surface area contributed by atoms with E-state index in [-0.39, 0.29) is 5.82 Å². The molecule has 1 fully saturated rings. The second-order valence-corrected chi connectivity index (χ2v) is 7.64. The van der Waals surface area contributed by atoms with E-state index in [9.17, 15) is 4.39 Å². The quantitative estimate of drug-likeness (QED) is 0.819. The molecule has 1 aromatic rings. The highest BCUT2D eigenvalue weighted by atomic mass is 79.9. The van der Waals surface area contributed by atoms with Crippen molar-refractivity contribution in [2.24, 2.45) is 0 Å². The maximum absolute atomic E-state index is 13.4. The van der Waals surface area contributed by atoms with Gasteiger partial charge in [0.15, 0.2) is 0 Å². The van der Waals surface area contributed by atoms with E-state index >= 15 is 0 Å². The highest BCUT2D eigenvalue weighted by Crippen LogP contribution is 2.22. The Kier molecular flexibility index (Phi) is 6.99. The molecule has 21 heavy (non-hydrogen) atoms. The summed E-state index contributed by atoms with van der Waals surface area (Å²) in [7, 11) is 2.21. The Morgan fingerprint density at radius 3 is 3.00 bits per heavy atom. The second kappa shape index (κ2) is 8.51. The molecule has 1 heterocycles. The van der Waals surface area contributed by atoms with Crippen molar-refractivity contribution >= 4 is 27.7 Å². The molecule has 1 aromatic carbocycles. The van der Waals surface area contributed by atoms with Crippen molar-refractivity contribution in [3.63, 3.8) is 0 Å². The molecule has 1 aliphatic heterocycles. The molecular weight excluding hydrogens is 351 g/mol. The molecule has 1 saturated heterocycles. The van der Waals surface area contributed by atoms with Crippen molar-refractivity contribution in [2.45, 2.75) is 31.8 Å². The molecule has 2 atom stereocenters. The zero-order valence-electron chi connectivity index (χ0n) is 12.7. The minimum Gasteiger partial charge on any atom is -0.312 e. The number of halogens is 2. The van der Waals surface area contributed by atoms with Crippen molar-refractivity contribution in [2.75, 3.05) is 31.6 Å². The molecule has 0 aromatic heterocycles. The molecule has 2 nitrogen and oxygen atoms in total. The Morgan fingerprint density at radius 2 is 2.33 bits per heavy atom. The third-order valence-corrected chi connectivity index (χ3v) is 5.66. The normalized spacial score (nSPS) is 21.4. The Bertz CT molecular complexity index is 458. The van der Waals surface area contributed by atoms with Gasteiger partial charge in [-0.25, -0.2) is 4.39 Å². The molecule has 0 bridgehead atoms. The summed E-state index contributed by atoms with van der Waals surface area (Å²) in [6, 6.07) is 6.32. The Morgan fingerprint density at radius 1 is 1.52 bits per heavy atom. The van der Waals surface area contributed by atoms with Crippen molar-refractivity contribution in [1.29, 1.82) is 0 Å². The number of benzene rings is 1. The minimum atomic E-state index is -0.192. The summed E-state index contributed by atoms with van der Waals surface area (Å²) in [5.74, 6) is 2.19. The number of rotatable bonds is 6. The largest absolute Gasteiger partial charge is 0.312 e. The first-order chi connectivity index (χ1) is 10.1. The number of hydrogen-bond acceptors (Lipinski definition) is 3. The molecule has 1 aliphatic rings. The van der Waals surface area contributed by atoms with Crippen LogP contribution >= 0.6 is 27.7 Å². The van der Waals surface area contributed by atoms with Gasteiger partial charge in [-0.3, -0.25) is 0 Å². The van der Waals surface area contributed by atoms with Crippen molar-refractivity contribution in [3.05, 3.63) is 34.1 Å². The average molecular weight is 375 g/mol. The van der Waals surface area contributed by atoms with Gasteiger partial charge >= 0.3 is 0 Å². The lowest BCUT2D eigenvalue weighted by Crippen LogP contribution is -2.53. The SMILES string of the molecule is CCCNC(Cc1ccc(F)c(Br)c1)C1CSCCN1C. The van der Waals surface area contributed by atoms with Crippen LogP contribution < -0.4 is 5.32 Å². The van der Waals surface area contributed by atoms with Crippen LogP contribution in [0.25, 0.3) is 0 Å². The zero-order chi connectivity index (χ0) is 15.2. The van der Waals surface area contributed by atoms with Gasteiger partial charge in [0.2, 0.25) is 0 Å². The number of nitrogens with one attached hydrogen (secondary N) is 1. The van der Waals surface area contributed by atoms with Crippen LogP contribution in [0.2, 0.25) is 0 Å². The Labute approximate surface area is 140 Å². The first-order valence-electron chi connectivity index (χ1n) is 7.57. The second-order valence-electron chi connectivity index (χ2n) is 5.64. The van der Waals surface area contributed by atoms with E-state index in [4.69, 9.17) is 0 Å². The highest BCUT2D eigenvalue weighted by Gasteiger charge is 2.27. The van der Waals surface area contributed by atoms with E-state index in [2.05, 4.69) is 40.1 Å². The molecule has 0 saturated carbocycles. The Hall–Kier alpha value is -0.100. The van der Waals surface area contributed by atoms with Crippen LogP contribution in [-0.4, -0.2) is 48.6 Å². The fourth-order valence-electron chi connectivity index (χ4n) is 2.72. The molecule has 0 amide bonds. The lowest BCUT2D eigenvalue weighted by Gasteiger charge is -2.38. The van der Waals surface area contributed by atoms with Gasteiger partial charge in [-0.15, -0.1) is 0 Å². The van der Waals surface area contributed by atoms with E-state index in [0.717, 1.165) is 25.9 Å². The van der Waals surface area contributed by atoms with E-state index < -0.39 is 0 Å². The monoisotopic (exact) mass is 374 g/mol. The topological polar surface area (TPSA) is 15.3 Å². The van der Waals surface area contributed by atoms with Crippen LogP contribution in [-0.2, 0) is 6.42 Å². The predicted molar refractivity (Wildman–Crippen MR) is 93.6 cm³/mol. The number of thioether (sulfide) groups is 1. The molecule has 0 aliphatic carbocycles. The van der Waals surface area contributed by atoms with Crippen molar-refractivity contribution < 1.29 is 4.39 Å².